The van der Waals surface area contributed by atoms with E-state index in [1.54, 1.807) is 37.3 Å². The highest BCUT2D eigenvalue weighted by Gasteiger charge is 2.22. The molecule has 0 N–H and O–H groups in total. The topological polar surface area (TPSA) is 52.0 Å². The summed E-state index contributed by atoms with van der Waals surface area (Å²) in [6.07, 6.45) is 0. The van der Waals surface area contributed by atoms with Gasteiger partial charge in [0.25, 0.3) is 10.0 Å². The third-order valence-electron chi connectivity index (χ3n) is 3.32. The minimum atomic E-state index is -3.64. The minimum Gasteiger partial charge on any atom is -0.233 e. The Kier molecular flexibility index (Phi) is 3.37. The van der Waals surface area contributed by atoms with Gasteiger partial charge >= 0.3 is 0 Å². The van der Waals surface area contributed by atoms with E-state index >= 15 is 0 Å². The first-order valence-corrected chi connectivity index (χ1v) is 8.60. The molecule has 0 fully saturated rings. The maximum absolute atomic E-state index is 12.8. The molecule has 0 atom stereocenters. The van der Waals surface area contributed by atoms with Crippen LogP contribution in [0.3, 0.4) is 0 Å². The van der Waals surface area contributed by atoms with Gasteiger partial charge in [0.15, 0.2) is 5.65 Å². The zero-order chi connectivity index (χ0) is 15.2. The molecule has 3 aromatic rings. The highest BCUT2D eigenvalue weighted by molar-refractivity contribution is 9.10. The Morgan fingerprint density at radius 3 is 2.43 bits per heavy atom. The Hall–Kier alpha value is -1.66. The SMILES string of the molecule is Cc1nc2c(cc1Br)cc(C)n2S(=O)(=O)c1ccccc1. The summed E-state index contributed by atoms with van der Waals surface area (Å²) < 4.78 is 27.8. The molecule has 0 radical (unpaired) electrons. The van der Waals surface area contributed by atoms with Crippen LogP contribution in [-0.4, -0.2) is 17.4 Å². The zero-order valence-electron chi connectivity index (χ0n) is 11.5. The first-order chi connectivity index (χ1) is 9.91. The molecule has 0 aliphatic carbocycles. The average Bonchev–Trinajstić information content (AvgIpc) is 2.76. The van der Waals surface area contributed by atoms with E-state index < -0.39 is 10.0 Å². The van der Waals surface area contributed by atoms with Gasteiger partial charge in [-0.05, 0) is 54.0 Å². The van der Waals surface area contributed by atoms with Gasteiger partial charge in [-0.3, -0.25) is 0 Å². The van der Waals surface area contributed by atoms with Gasteiger partial charge in [-0.2, -0.15) is 0 Å². The van der Waals surface area contributed by atoms with Crippen molar-refractivity contribution in [3.05, 3.63) is 58.3 Å². The van der Waals surface area contributed by atoms with E-state index in [0.29, 0.717) is 11.3 Å². The van der Waals surface area contributed by atoms with Crippen LogP contribution in [-0.2, 0) is 10.0 Å². The van der Waals surface area contributed by atoms with Crippen molar-refractivity contribution in [3.8, 4) is 0 Å². The molecular weight excluding hydrogens is 352 g/mol. The number of aryl methyl sites for hydroxylation is 2. The number of rotatable bonds is 2. The zero-order valence-corrected chi connectivity index (χ0v) is 13.9. The number of hydrogen-bond donors (Lipinski definition) is 0. The van der Waals surface area contributed by atoms with E-state index in [4.69, 9.17) is 0 Å². The lowest BCUT2D eigenvalue weighted by Crippen LogP contribution is -2.14. The molecule has 3 rings (SSSR count). The van der Waals surface area contributed by atoms with Crippen LogP contribution in [0, 0.1) is 13.8 Å². The van der Waals surface area contributed by atoms with Crippen LogP contribution in [0.5, 0.6) is 0 Å². The summed E-state index contributed by atoms with van der Waals surface area (Å²) in [7, 11) is -3.64. The maximum atomic E-state index is 12.8. The van der Waals surface area contributed by atoms with Crippen molar-refractivity contribution in [2.75, 3.05) is 0 Å². The van der Waals surface area contributed by atoms with Crippen molar-refractivity contribution in [3.63, 3.8) is 0 Å². The Morgan fingerprint density at radius 1 is 1.10 bits per heavy atom. The highest BCUT2D eigenvalue weighted by atomic mass is 79.9. The standard InChI is InChI=1S/C15H13BrN2O2S/c1-10-8-12-9-14(16)11(2)17-15(12)18(10)21(19,20)13-6-4-3-5-7-13/h3-9H,1-2H3. The quantitative estimate of drug-likeness (QED) is 0.697. The summed E-state index contributed by atoms with van der Waals surface area (Å²) in [5.74, 6) is 0. The normalized spacial score (nSPS) is 12.0. The molecule has 0 saturated carbocycles. The summed E-state index contributed by atoms with van der Waals surface area (Å²) in [6, 6.07) is 12.1. The molecule has 2 aromatic heterocycles. The lowest BCUT2D eigenvalue weighted by Gasteiger charge is -2.09. The molecule has 1 aromatic carbocycles. The molecule has 0 saturated heterocycles. The van der Waals surface area contributed by atoms with Crippen molar-refractivity contribution in [1.29, 1.82) is 0 Å². The van der Waals surface area contributed by atoms with Crippen molar-refractivity contribution in [1.82, 2.24) is 8.96 Å². The van der Waals surface area contributed by atoms with Gasteiger partial charge in [-0.15, -0.1) is 0 Å². The van der Waals surface area contributed by atoms with Crippen LogP contribution in [0.2, 0.25) is 0 Å². The van der Waals surface area contributed by atoms with E-state index in [9.17, 15) is 8.42 Å². The van der Waals surface area contributed by atoms with E-state index in [1.807, 2.05) is 19.1 Å². The van der Waals surface area contributed by atoms with Crippen LogP contribution in [0.1, 0.15) is 11.4 Å². The fourth-order valence-corrected chi connectivity index (χ4v) is 4.16. The molecule has 21 heavy (non-hydrogen) atoms. The summed E-state index contributed by atoms with van der Waals surface area (Å²) in [5, 5.41) is 0.796. The Morgan fingerprint density at radius 2 is 1.76 bits per heavy atom. The van der Waals surface area contributed by atoms with Gasteiger partial charge in [0.05, 0.1) is 10.6 Å². The van der Waals surface area contributed by atoms with Crippen molar-refractivity contribution in [2.45, 2.75) is 18.7 Å². The lowest BCUT2D eigenvalue weighted by molar-refractivity contribution is 0.587. The highest BCUT2D eigenvalue weighted by Crippen LogP contribution is 2.27. The van der Waals surface area contributed by atoms with Crippen LogP contribution in [0.25, 0.3) is 11.0 Å². The second kappa shape index (κ2) is 4.96. The number of hydrogen-bond acceptors (Lipinski definition) is 3. The second-order valence-electron chi connectivity index (χ2n) is 4.84. The molecule has 4 nitrogen and oxygen atoms in total. The van der Waals surface area contributed by atoms with E-state index in [-0.39, 0.29) is 4.90 Å². The second-order valence-corrected chi connectivity index (χ2v) is 7.48. The van der Waals surface area contributed by atoms with Crippen LogP contribution in [0.15, 0.2) is 51.8 Å². The molecule has 0 aliphatic rings. The van der Waals surface area contributed by atoms with Gasteiger partial charge in [0, 0.05) is 15.6 Å². The van der Waals surface area contributed by atoms with Crippen LogP contribution in [0.4, 0.5) is 0 Å². The number of fused-ring (bicyclic) bond motifs is 1. The van der Waals surface area contributed by atoms with E-state index in [2.05, 4.69) is 20.9 Å². The molecular formula is C15H13BrN2O2S. The maximum Gasteiger partial charge on any atom is 0.269 e. The third-order valence-corrected chi connectivity index (χ3v) is 5.93. The van der Waals surface area contributed by atoms with Crippen LogP contribution >= 0.6 is 15.9 Å². The number of halogens is 1. The Labute approximate surface area is 131 Å². The molecule has 2 heterocycles. The van der Waals surface area contributed by atoms with Gasteiger partial charge < -0.3 is 0 Å². The lowest BCUT2D eigenvalue weighted by atomic mass is 10.3. The molecule has 108 valence electrons. The van der Waals surface area contributed by atoms with Gasteiger partial charge in [0.1, 0.15) is 0 Å². The largest absolute Gasteiger partial charge is 0.269 e. The fraction of sp³-hybridized carbons (Fsp3) is 0.133. The first kappa shape index (κ1) is 14.3. The number of pyridine rings is 1. The van der Waals surface area contributed by atoms with E-state index in [0.717, 1.165) is 15.6 Å². The summed E-state index contributed by atoms with van der Waals surface area (Å²) in [6.45, 7) is 3.61. The summed E-state index contributed by atoms with van der Waals surface area (Å²) >= 11 is 3.42. The Balaban J connectivity index is 2.35. The van der Waals surface area contributed by atoms with Crippen molar-refractivity contribution in [2.24, 2.45) is 0 Å². The smallest absolute Gasteiger partial charge is 0.233 e. The predicted octanol–water partition coefficient (Wildman–Crippen LogP) is 3.65. The van der Waals surface area contributed by atoms with Crippen molar-refractivity contribution < 1.29 is 8.42 Å². The molecule has 0 aliphatic heterocycles. The number of aromatic nitrogens is 2. The number of benzene rings is 1. The first-order valence-electron chi connectivity index (χ1n) is 6.37. The predicted molar refractivity (Wildman–Crippen MR) is 85.9 cm³/mol. The number of nitrogens with zero attached hydrogens (tertiary/aromatic N) is 2. The summed E-state index contributed by atoms with van der Waals surface area (Å²) in [4.78, 5) is 4.68. The minimum absolute atomic E-state index is 0.257. The van der Waals surface area contributed by atoms with E-state index in [1.165, 1.54) is 3.97 Å². The van der Waals surface area contributed by atoms with Gasteiger partial charge in [-0.25, -0.2) is 17.4 Å². The van der Waals surface area contributed by atoms with Crippen LogP contribution < -0.4 is 0 Å². The van der Waals surface area contributed by atoms with Gasteiger partial charge in [0.2, 0.25) is 0 Å². The molecule has 0 bridgehead atoms. The third kappa shape index (κ3) is 2.28. The van der Waals surface area contributed by atoms with Crippen molar-refractivity contribution >= 4 is 37.0 Å². The molecule has 6 heteroatoms. The monoisotopic (exact) mass is 364 g/mol. The fourth-order valence-electron chi connectivity index (χ4n) is 2.30. The molecule has 0 unspecified atom stereocenters. The summed E-state index contributed by atoms with van der Waals surface area (Å²) in [5.41, 5.74) is 1.85. The Bertz CT molecular complexity index is 931. The molecule has 0 amide bonds. The average molecular weight is 365 g/mol. The van der Waals surface area contributed by atoms with Gasteiger partial charge in [-0.1, -0.05) is 18.2 Å². The molecule has 0 spiro atoms.